The summed E-state index contributed by atoms with van der Waals surface area (Å²) in [5.41, 5.74) is 1.13. The topological polar surface area (TPSA) is 73.9 Å². The van der Waals surface area contributed by atoms with Crippen molar-refractivity contribution in [1.29, 1.82) is 0 Å². The Kier molecular flexibility index (Phi) is 7.96. The highest BCUT2D eigenvalue weighted by atomic mass is 31.2. The Morgan fingerprint density at radius 2 is 1.34 bits per heavy atom. The Morgan fingerprint density at radius 1 is 0.844 bits per heavy atom. The Hall–Kier alpha value is -3.24. The van der Waals surface area contributed by atoms with Crippen LogP contribution >= 0.6 is 7.60 Å². The number of carbonyl (C=O) groups is 1. The third kappa shape index (κ3) is 6.14. The minimum absolute atomic E-state index is 0.0991. The predicted octanol–water partition coefficient (Wildman–Crippen LogP) is 6.61. The molecule has 0 radical (unpaired) electrons. The minimum atomic E-state index is -3.74. The number of benzene rings is 3. The zero-order valence-electron chi connectivity index (χ0n) is 18.4. The molecule has 32 heavy (non-hydrogen) atoms. The quantitative estimate of drug-likeness (QED) is 0.275. The van der Waals surface area contributed by atoms with Gasteiger partial charge in [-0.25, -0.2) is 9.36 Å². The van der Waals surface area contributed by atoms with E-state index in [1.807, 2.05) is 50.2 Å². The van der Waals surface area contributed by atoms with E-state index < -0.39 is 13.4 Å². The van der Waals surface area contributed by atoms with E-state index in [0.717, 1.165) is 0 Å². The van der Waals surface area contributed by atoms with Gasteiger partial charge >= 0.3 is 13.6 Å². The fourth-order valence-electron chi connectivity index (χ4n) is 3.09. The van der Waals surface area contributed by atoms with Crippen LogP contribution in [0, 0.1) is 5.92 Å². The summed E-state index contributed by atoms with van der Waals surface area (Å²) in [7, 11) is -3.74. The fourth-order valence-corrected chi connectivity index (χ4v) is 5.22. The lowest BCUT2D eigenvalue weighted by molar-refractivity contribution is 0.0526. The standard InChI is InChI=1S/C25H28NO5P/c1-4-29-25(27)20-15-17-21(18-16-20)26-24(19(2)3)32(28,30-22-11-7-5-8-12-22)31-23-13-9-6-10-14-23/h5-19,24,26H,4H2,1-3H3. The molecule has 6 nitrogen and oxygen atoms in total. The van der Waals surface area contributed by atoms with Crippen molar-refractivity contribution in [3.05, 3.63) is 90.5 Å². The van der Waals surface area contributed by atoms with Crippen molar-refractivity contribution in [3.8, 4) is 11.5 Å². The zero-order chi connectivity index (χ0) is 23.0. The first-order valence-electron chi connectivity index (χ1n) is 10.5. The normalized spacial score (nSPS) is 12.1. The summed E-state index contributed by atoms with van der Waals surface area (Å²) < 4.78 is 31.2. The molecule has 0 aliphatic rings. The number of nitrogens with one attached hydrogen (secondary N) is 1. The highest BCUT2D eigenvalue weighted by Gasteiger charge is 2.41. The van der Waals surface area contributed by atoms with Crippen LogP contribution in [0.4, 0.5) is 5.69 Å². The van der Waals surface area contributed by atoms with Gasteiger partial charge in [-0.3, -0.25) is 0 Å². The maximum absolute atomic E-state index is 14.2. The van der Waals surface area contributed by atoms with Gasteiger partial charge in [-0.15, -0.1) is 0 Å². The van der Waals surface area contributed by atoms with Crippen molar-refractivity contribution in [2.24, 2.45) is 5.92 Å². The van der Waals surface area contributed by atoms with Gasteiger partial charge in [-0.1, -0.05) is 50.2 Å². The largest absolute Gasteiger partial charge is 0.462 e. The van der Waals surface area contributed by atoms with Crippen LogP contribution in [-0.2, 0) is 9.30 Å². The second kappa shape index (κ2) is 10.9. The van der Waals surface area contributed by atoms with E-state index in [9.17, 15) is 9.36 Å². The molecule has 0 spiro atoms. The molecule has 3 aromatic carbocycles. The molecule has 0 fully saturated rings. The number of para-hydroxylation sites is 2. The van der Waals surface area contributed by atoms with E-state index in [0.29, 0.717) is 29.4 Å². The zero-order valence-corrected chi connectivity index (χ0v) is 19.3. The molecule has 0 heterocycles. The second-order valence-corrected chi connectivity index (χ2v) is 9.48. The molecule has 0 amide bonds. The molecule has 0 saturated carbocycles. The number of rotatable bonds is 10. The molecular weight excluding hydrogens is 425 g/mol. The number of hydrogen-bond donors (Lipinski definition) is 1. The van der Waals surface area contributed by atoms with Gasteiger partial charge in [-0.2, -0.15) is 0 Å². The summed E-state index contributed by atoms with van der Waals surface area (Å²) >= 11 is 0. The van der Waals surface area contributed by atoms with Gasteiger partial charge in [0.15, 0.2) is 5.78 Å². The van der Waals surface area contributed by atoms with E-state index in [4.69, 9.17) is 13.8 Å². The average molecular weight is 453 g/mol. The Balaban J connectivity index is 1.90. The van der Waals surface area contributed by atoms with Crippen molar-refractivity contribution < 1.29 is 23.1 Å². The van der Waals surface area contributed by atoms with Crippen LogP contribution < -0.4 is 14.4 Å². The molecule has 3 aromatic rings. The molecule has 0 aromatic heterocycles. The summed E-state index contributed by atoms with van der Waals surface area (Å²) in [4.78, 5) is 11.9. The van der Waals surface area contributed by atoms with E-state index in [-0.39, 0.29) is 11.9 Å². The van der Waals surface area contributed by atoms with Gasteiger partial charge in [0.05, 0.1) is 12.2 Å². The van der Waals surface area contributed by atoms with Gasteiger partial charge in [0.2, 0.25) is 0 Å². The van der Waals surface area contributed by atoms with Crippen LogP contribution in [0.15, 0.2) is 84.9 Å². The molecule has 0 saturated heterocycles. The van der Waals surface area contributed by atoms with E-state index in [1.165, 1.54) is 0 Å². The first-order valence-corrected chi connectivity index (χ1v) is 12.1. The SMILES string of the molecule is CCOC(=O)c1ccc(NC(C(C)C)P(=O)(Oc2ccccc2)Oc2ccccc2)cc1. The lowest BCUT2D eigenvalue weighted by Gasteiger charge is -2.31. The molecule has 0 aliphatic heterocycles. The van der Waals surface area contributed by atoms with E-state index >= 15 is 0 Å². The highest BCUT2D eigenvalue weighted by Crippen LogP contribution is 2.55. The monoisotopic (exact) mass is 453 g/mol. The van der Waals surface area contributed by atoms with Crippen molar-refractivity contribution >= 4 is 19.3 Å². The molecular formula is C25H28NO5P. The van der Waals surface area contributed by atoms with Crippen molar-refractivity contribution in [3.63, 3.8) is 0 Å². The molecule has 0 aliphatic carbocycles. The Morgan fingerprint density at radius 3 is 1.78 bits per heavy atom. The molecule has 168 valence electrons. The van der Waals surface area contributed by atoms with Crippen LogP contribution in [0.5, 0.6) is 11.5 Å². The van der Waals surface area contributed by atoms with Crippen molar-refractivity contribution in [2.45, 2.75) is 26.6 Å². The summed E-state index contributed by atoms with van der Waals surface area (Å²) in [5.74, 6) is -0.229. The smallest absolute Gasteiger partial charge is 0.453 e. The summed E-state index contributed by atoms with van der Waals surface area (Å²) in [6, 6.07) is 24.8. The number of carbonyl (C=O) groups excluding carboxylic acids is 1. The Labute approximate surface area is 189 Å². The minimum Gasteiger partial charge on any atom is -0.462 e. The molecule has 0 bridgehead atoms. The van der Waals surface area contributed by atoms with Gasteiger partial charge in [0.25, 0.3) is 0 Å². The van der Waals surface area contributed by atoms with Gasteiger partial charge < -0.3 is 19.1 Å². The van der Waals surface area contributed by atoms with Crippen LogP contribution in [0.1, 0.15) is 31.1 Å². The first-order chi connectivity index (χ1) is 15.4. The summed E-state index contributed by atoms with van der Waals surface area (Å²) in [5, 5.41) is 3.29. The van der Waals surface area contributed by atoms with E-state index in [2.05, 4.69) is 5.32 Å². The molecule has 1 unspecified atom stereocenters. The number of hydrogen-bond acceptors (Lipinski definition) is 6. The maximum Gasteiger partial charge on any atom is 0.453 e. The van der Waals surface area contributed by atoms with Crippen LogP contribution in [0.2, 0.25) is 0 Å². The van der Waals surface area contributed by atoms with Crippen LogP contribution in [-0.4, -0.2) is 18.4 Å². The lowest BCUT2D eigenvalue weighted by atomic mass is 10.2. The van der Waals surface area contributed by atoms with E-state index in [1.54, 1.807) is 55.5 Å². The van der Waals surface area contributed by atoms with Crippen molar-refractivity contribution in [1.82, 2.24) is 0 Å². The predicted molar refractivity (Wildman–Crippen MR) is 126 cm³/mol. The van der Waals surface area contributed by atoms with Crippen LogP contribution in [0.3, 0.4) is 0 Å². The first kappa shape index (κ1) is 23.4. The third-order valence-electron chi connectivity index (χ3n) is 4.63. The van der Waals surface area contributed by atoms with Gasteiger partial charge in [0, 0.05) is 5.69 Å². The molecule has 7 heteroatoms. The fraction of sp³-hybridized carbons (Fsp3) is 0.240. The maximum atomic E-state index is 14.2. The molecule has 1 atom stereocenters. The van der Waals surface area contributed by atoms with Crippen LogP contribution in [0.25, 0.3) is 0 Å². The van der Waals surface area contributed by atoms with Crippen molar-refractivity contribution in [2.75, 3.05) is 11.9 Å². The number of ether oxygens (including phenoxy) is 1. The summed E-state index contributed by atoms with van der Waals surface area (Å²) in [6.07, 6.45) is 0. The van der Waals surface area contributed by atoms with Gasteiger partial charge in [0.1, 0.15) is 11.5 Å². The van der Waals surface area contributed by atoms with Gasteiger partial charge in [-0.05, 0) is 61.4 Å². The molecule has 1 N–H and O–H groups in total. The number of anilines is 1. The summed E-state index contributed by atoms with van der Waals surface area (Å²) in [6.45, 7) is 5.96. The highest BCUT2D eigenvalue weighted by molar-refractivity contribution is 7.55. The lowest BCUT2D eigenvalue weighted by Crippen LogP contribution is -2.30. The molecule has 3 rings (SSSR count). The Bertz CT molecular complexity index is 993. The second-order valence-electron chi connectivity index (χ2n) is 7.48. The average Bonchev–Trinajstić information content (AvgIpc) is 2.79. The third-order valence-corrected chi connectivity index (χ3v) is 6.97. The number of esters is 1.